The van der Waals surface area contributed by atoms with Crippen LogP contribution in [-0.2, 0) is 17.9 Å². The molecule has 3 N–H and O–H groups in total. The van der Waals surface area contributed by atoms with Gasteiger partial charge in [0.2, 0.25) is 11.8 Å². The highest BCUT2D eigenvalue weighted by atomic mass is 19.4. The number of carbonyl (C=O) groups is 2. The molecule has 1 aliphatic rings. The van der Waals surface area contributed by atoms with E-state index in [1.807, 2.05) is 6.07 Å². The van der Waals surface area contributed by atoms with Crippen molar-refractivity contribution in [1.82, 2.24) is 20.6 Å². The first-order valence-corrected chi connectivity index (χ1v) is 13.1. The molecule has 2 aromatic carbocycles. The van der Waals surface area contributed by atoms with Gasteiger partial charge in [0.15, 0.2) is 5.92 Å². The molecule has 3 aromatic rings. The second-order valence-electron chi connectivity index (χ2n) is 9.94. The summed E-state index contributed by atoms with van der Waals surface area (Å²) in [5.41, 5.74) is 2.00. The number of aromatic amines is 1. The van der Waals surface area contributed by atoms with Gasteiger partial charge >= 0.3 is 12.4 Å². The van der Waals surface area contributed by atoms with Gasteiger partial charge in [-0.05, 0) is 48.7 Å². The van der Waals surface area contributed by atoms with Crippen LogP contribution in [0, 0.1) is 17.2 Å². The third-order valence-electron chi connectivity index (χ3n) is 6.52. The van der Waals surface area contributed by atoms with Crippen molar-refractivity contribution >= 4 is 22.8 Å². The molecule has 1 saturated carbocycles. The van der Waals surface area contributed by atoms with Crippen LogP contribution in [-0.4, -0.2) is 40.1 Å². The van der Waals surface area contributed by atoms with Crippen LogP contribution in [0.3, 0.4) is 0 Å². The maximum atomic E-state index is 12.6. The normalized spacial score (nSPS) is 14.9. The van der Waals surface area contributed by atoms with Crippen LogP contribution in [0.5, 0.6) is 0 Å². The number of nitrogens with one attached hydrogen (secondary N) is 3. The molecular weight excluding hydrogens is 590 g/mol. The van der Waals surface area contributed by atoms with Crippen LogP contribution >= 0.6 is 0 Å². The average molecular weight is 618 g/mol. The van der Waals surface area contributed by atoms with E-state index < -0.39 is 42.4 Å². The predicted octanol–water partition coefficient (Wildman–Crippen LogP) is 6.70. The quantitative estimate of drug-likeness (QED) is 0.257. The van der Waals surface area contributed by atoms with Crippen LogP contribution in [0.1, 0.15) is 65.8 Å². The number of rotatable bonds is 7. The van der Waals surface area contributed by atoms with Crippen LogP contribution < -0.4 is 10.6 Å². The maximum Gasteiger partial charge on any atom is 0.400 e. The van der Waals surface area contributed by atoms with Gasteiger partial charge in [-0.2, -0.15) is 31.6 Å². The molecule has 0 saturated heterocycles. The van der Waals surface area contributed by atoms with E-state index in [1.54, 1.807) is 24.3 Å². The van der Waals surface area contributed by atoms with Crippen molar-refractivity contribution in [2.45, 2.75) is 69.9 Å². The minimum Gasteiger partial charge on any atom is -0.352 e. The molecule has 0 spiro atoms. The lowest BCUT2D eigenvalue weighted by Gasteiger charge is -2.22. The average Bonchev–Trinajstić information content (AvgIpc) is 3.35. The zero-order chi connectivity index (χ0) is 31.8. The zero-order valence-electron chi connectivity index (χ0n) is 22.5. The molecule has 0 unspecified atom stereocenters. The van der Waals surface area contributed by atoms with Gasteiger partial charge in [-0.15, -0.1) is 0 Å². The van der Waals surface area contributed by atoms with E-state index in [-0.39, 0.29) is 31.5 Å². The van der Waals surface area contributed by atoms with Crippen molar-refractivity contribution in [3.05, 3.63) is 65.0 Å². The van der Waals surface area contributed by atoms with Crippen molar-refractivity contribution in [2.24, 2.45) is 5.92 Å². The van der Waals surface area contributed by atoms with E-state index in [4.69, 9.17) is 5.26 Å². The Morgan fingerprint density at radius 3 is 2.21 bits per heavy atom. The molecule has 1 aromatic heterocycles. The second-order valence-corrected chi connectivity index (χ2v) is 9.94. The number of halogens is 8. The highest BCUT2D eigenvalue weighted by Crippen LogP contribution is 2.41. The van der Waals surface area contributed by atoms with E-state index in [0.717, 1.165) is 6.42 Å². The molecule has 0 atom stereocenters. The molecule has 4 rings (SSSR count). The predicted molar refractivity (Wildman–Crippen MR) is 139 cm³/mol. The monoisotopic (exact) mass is 617 g/mol. The SMILES string of the molecule is FC1(F)CCCCC1.N#Cc1cccc(C(=O)NCc2nc3ccc(CNC(=O)CC(C(F)(F)F)C(F)(F)F)cc3[nH]2)c1. The standard InChI is InChI=1S/C22H17F6N5O2.C6H10F2/c23-21(24,25)17(22(26,27)28)8-19(34)30-10-13-4-5-15-16(7-13)33-18(32-15)11-31-20(35)14-3-1-2-12(6-14)9-29;7-6(8)4-2-1-3-5-6/h1-7,17H,8,10-11H2,(H,30,34)(H,31,35)(H,32,33);1-5H2. The number of amides is 2. The van der Waals surface area contributed by atoms with Gasteiger partial charge in [0.25, 0.3) is 5.91 Å². The minimum atomic E-state index is -5.59. The second kappa shape index (κ2) is 13.8. The van der Waals surface area contributed by atoms with Crippen LogP contribution in [0.15, 0.2) is 42.5 Å². The molecule has 2 amide bonds. The molecule has 1 fully saturated rings. The van der Waals surface area contributed by atoms with Gasteiger partial charge in [0, 0.05) is 31.4 Å². The molecule has 232 valence electrons. The molecule has 0 radical (unpaired) electrons. The van der Waals surface area contributed by atoms with Gasteiger partial charge in [0.05, 0.1) is 29.2 Å². The lowest BCUT2D eigenvalue weighted by atomic mass is 9.97. The van der Waals surface area contributed by atoms with Gasteiger partial charge in [-0.3, -0.25) is 9.59 Å². The van der Waals surface area contributed by atoms with Crippen LogP contribution in [0.4, 0.5) is 35.1 Å². The summed E-state index contributed by atoms with van der Waals surface area (Å²) in [7, 11) is 0. The van der Waals surface area contributed by atoms with E-state index in [0.29, 0.717) is 40.8 Å². The number of aromatic nitrogens is 2. The molecule has 15 heteroatoms. The van der Waals surface area contributed by atoms with Crippen LogP contribution in [0.2, 0.25) is 0 Å². The number of nitriles is 1. The van der Waals surface area contributed by atoms with Gasteiger partial charge in [0.1, 0.15) is 5.82 Å². The lowest BCUT2D eigenvalue weighted by molar-refractivity contribution is -0.284. The molecule has 1 heterocycles. The Morgan fingerprint density at radius 1 is 0.953 bits per heavy atom. The van der Waals surface area contributed by atoms with Crippen LogP contribution in [0.25, 0.3) is 11.0 Å². The molecule has 1 aliphatic carbocycles. The topological polar surface area (TPSA) is 111 Å². The van der Waals surface area contributed by atoms with Crippen molar-refractivity contribution in [3.8, 4) is 6.07 Å². The third kappa shape index (κ3) is 10.2. The number of nitrogens with zero attached hydrogens (tertiary/aromatic N) is 2. The first kappa shape index (κ1) is 33.3. The smallest absolute Gasteiger partial charge is 0.352 e. The summed E-state index contributed by atoms with van der Waals surface area (Å²) < 4.78 is 100. The number of fused-ring (bicyclic) bond motifs is 1. The molecular formula is C28H27F8N5O2. The van der Waals surface area contributed by atoms with Crippen molar-refractivity contribution in [3.63, 3.8) is 0 Å². The Kier molecular flexibility index (Phi) is 10.7. The molecule has 0 aliphatic heterocycles. The van der Waals surface area contributed by atoms with E-state index in [2.05, 4.69) is 20.6 Å². The minimum absolute atomic E-state index is 0.0205. The number of hydrogen-bond acceptors (Lipinski definition) is 4. The zero-order valence-corrected chi connectivity index (χ0v) is 22.5. The number of carbonyl (C=O) groups excluding carboxylic acids is 2. The number of alkyl halides is 8. The number of hydrogen-bond donors (Lipinski definition) is 3. The molecule has 43 heavy (non-hydrogen) atoms. The Labute approximate surface area is 240 Å². The summed E-state index contributed by atoms with van der Waals surface area (Å²) in [6, 6.07) is 12.6. The highest BCUT2D eigenvalue weighted by Gasteiger charge is 2.57. The number of benzene rings is 2. The van der Waals surface area contributed by atoms with Crippen molar-refractivity contribution in [1.29, 1.82) is 5.26 Å². The fourth-order valence-corrected chi connectivity index (χ4v) is 4.24. The molecule has 0 bridgehead atoms. The number of imidazole rings is 1. The van der Waals surface area contributed by atoms with E-state index in [9.17, 15) is 44.7 Å². The molecule has 7 nitrogen and oxygen atoms in total. The summed E-state index contributed by atoms with van der Waals surface area (Å²) in [6.45, 7) is -0.274. The number of H-pyrrole nitrogens is 1. The van der Waals surface area contributed by atoms with Crippen molar-refractivity contribution in [2.75, 3.05) is 0 Å². The van der Waals surface area contributed by atoms with E-state index in [1.165, 1.54) is 18.2 Å². The Hall–Kier alpha value is -4.22. The summed E-state index contributed by atoms with van der Waals surface area (Å²) in [6.07, 6.45) is -10.3. The van der Waals surface area contributed by atoms with Gasteiger partial charge in [-0.1, -0.05) is 18.6 Å². The largest absolute Gasteiger partial charge is 0.400 e. The third-order valence-corrected chi connectivity index (χ3v) is 6.52. The maximum absolute atomic E-state index is 12.6. The fraction of sp³-hybridized carbons (Fsp3) is 0.429. The summed E-state index contributed by atoms with van der Waals surface area (Å²) >= 11 is 0. The first-order chi connectivity index (χ1) is 20.1. The van der Waals surface area contributed by atoms with Gasteiger partial charge in [-0.25, -0.2) is 13.8 Å². The fourth-order valence-electron chi connectivity index (χ4n) is 4.24. The first-order valence-electron chi connectivity index (χ1n) is 13.1. The lowest BCUT2D eigenvalue weighted by Crippen LogP contribution is -2.40. The van der Waals surface area contributed by atoms with Crippen molar-refractivity contribution < 1.29 is 44.7 Å². The summed E-state index contributed by atoms with van der Waals surface area (Å²) in [4.78, 5) is 31.2. The van der Waals surface area contributed by atoms with Gasteiger partial charge < -0.3 is 15.6 Å². The van der Waals surface area contributed by atoms with E-state index >= 15 is 0 Å². The Morgan fingerprint density at radius 2 is 1.63 bits per heavy atom. The highest BCUT2D eigenvalue weighted by molar-refractivity contribution is 5.94. The summed E-state index contributed by atoms with van der Waals surface area (Å²) in [5.74, 6) is -7.51. The Balaban J connectivity index is 0.000000546. The Bertz CT molecular complexity index is 1440. The summed E-state index contributed by atoms with van der Waals surface area (Å²) in [5, 5.41) is 13.6.